The molecule has 1 saturated heterocycles. The number of hydrogen-bond acceptors (Lipinski definition) is 5. The maximum Gasteiger partial charge on any atom is 0.151 e. The minimum absolute atomic E-state index is 0.568. The van der Waals surface area contributed by atoms with Gasteiger partial charge in [0.05, 0.1) is 11.9 Å². The molecule has 0 unspecified atom stereocenters. The molecule has 0 amide bonds. The van der Waals surface area contributed by atoms with E-state index in [-0.39, 0.29) is 0 Å². The van der Waals surface area contributed by atoms with Crippen molar-refractivity contribution >= 4 is 23.1 Å². The van der Waals surface area contributed by atoms with Crippen LogP contribution in [0.2, 0.25) is 5.02 Å². The second-order valence-corrected chi connectivity index (χ2v) is 8.05. The van der Waals surface area contributed by atoms with Gasteiger partial charge in [-0.05, 0) is 49.1 Å². The van der Waals surface area contributed by atoms with Gasteiger partial charge in [0, 0.05) is 55.2 Å². The van der Waals surface area contributed by atoms with Gasteiger partial charge in [0.25, 0.3) is 0 Å². The lowest BCUT2D eigenvalue weighted by atomic mass is 10.0. The molecule has 0 spiro atoms. The van der Waals surface area contributed by atoms with Crippen molar-refractivity contribution in [2.75, 3.05) is 29.4 Å². The average molecular weight is 395 g/mol. The van der Waals surface area contributed by atoms with Crippen molar-refractivity contribution in [1.29, 1.82) is 0 Å². The minimum atomic E-state index is 0.568. The first kappa shape index (κ1) is 17.5. The number of rotatable bonds is 3. The fourth-order valence-corrected chi connectivity index (χ4v) is 4.53. The summed E-state index contributed by atoms with van der Waals surface area (Å²) in [6.45, 7) is 3.09. The van der Waals surface area contributed by atoms with Gasteiger partial charge in [0.1, 0.15) is 0 Å². The molecule has 3 aromatic rings. The molecule has 2 aromatic heterocycles. The van der Waals surface area contributed by atoms with Crippen molar-refractivity contribution in [3.63, 3.8) is 0 Å². The van der Waals surface area contributed by atoms with Gasteiger partial charge < -0.3 is 9.80 Å². The first-order chi connectivity index (χ1) is 13.7. The first-order valence-electron chi connectivity index (χ1n) is 9.80. The van der Waals surface area contributed by atoms with Crippen molar-refractivity contribution < 1.29 is 0 Å². The molecule has 0 saturated carbocycles. The molecule has 6 nitrogen and oxygen atoms in total. The van der Waals surface area contributed by atoms with E-state index in [1.807, 2.05) is 31.6 Å². The molecule has 0 N–H and O–H groups in total. The molecule has 28 heavy (non-hydrogen) atoms. The van der Waals surface area contributed by atoms with Crippen molar-refractivity contribution in [2.24, 2.45) is 7.05 Å². The summed E-state index contributed by atoms with van der Waals surface area (Å²) in [5.41, 5.74) is 4.60. The zero-order valence-corrected chi connectivity index (χ0v) is 16.7. The molecule has 2 aliphatic rings. The number of anilines is 2. The molecule has 1 fully saturated rings. The lowest BCUT2D eigenvalue weighted by Gasteiger charge is -2.38. The summed E-state index contributed by atoms with van der Waals surface area (Å²) in [4.78, 5) is 4.89. The lowest BCUT2D eigenvalue weighted by Crippen LogP contribution is -2.44. The van der Waals surface area contributed by atoms with Crippen LogP contribution in [-0.2, 0) is 13.5 Å². The van der Waals surface area contributed by atoms with E-state index in [9.17, 15) is 0 Å². The van der Waals surface area contributed by atoms with Gasteiger partial charge in [0.15, 0.2) is 5.82 Å². The molecule has 144 valence electrons. The summed E-state index contributed by atoms with van der Waals surface area (Å²) < 4.78 is 1.78. The molecular weight excluding hydrogens is 372 g/mol. The average Bonchev–Trinajstić information content (AvgIpc) is 3.34. The van der Waals surface area contributed by atoms with Crippen LogP contribution in [-0.4, -0.2) is 45.7 Å². The Kier molecular flexibility index (Phi) is 4.43. The van der Waals surface area contributed by atoms with Gasteiger partial charge in [-0.25, -0.2) is 0 Å². The summed E-state index contributed by atoms with van der Waals surface area (Å²) >= 11 is 6.23. The molecule has 2 aliphatic heterocycles. The van der Waals surface area contributed by atoms with Crippen molar-refractivity contribution in [1.82, 2.24) is 20.0 Å². The smallest absolute Gasteiger partial charge is 0.151 e. The number of piperidine rings is 1. The fraction of sp³-hybridized carbons (Fsp3) is 0.381. The first-order valence-corrected chi connectivity index (χ1v) is 10.2. The highest BCUT2D eigenvalue weighted by atomic mass is 35.5. The number of nitrogens with zero attached hydrogens (tertiary/aromatic N) is 6. The fourth-order valence-electron chi connectivity index (χ4n) is 4.36. The van der Waals surface area contributed by atoms with Crippen LogP contribution in [0.3, 0.4) is 0 Å². The van der Waals surface area contributed by atoms with Crippen LogP contribution in [0.5, 0.6) is 0 Å². The lowest BCUT2D eigenvalue weighted by molar-refractivity contribution is 0.469. The van der Waals surface area contributed by atoms with Crippen LogP contribution in [0.4, 0.5) is 11.5 Å². The van der Waals surface area contributed by atoms with Gasteiger partial charge >= 0.3 is 0 Å². The van der Waals surface area contributed by atoms with E-state index in [4.69, 9.17) is 11.6 Å². The third-order valence-electron chi connectivity index (χ3n) is 5.86. The number of hydrogen-bond donors (Lipinski definition) is 0. The monoisotopic (exact) mass is 394 g/mol. The Hall–Kier alpha value is -2.60. The summed E-state index contributed by atoms with van der Waals surface area (Å²) in [5, 5.41) is 13.9. The van der Waals surface area contributed by atoms with Crippen molar-refractivity contribution in [3.05, 3.63) is 53.3 Å². The second-order valence-electron chi connectivity index (χ2n) is 7.61. The van der Waals surface area contributed by atoms with E-state index in [0.717, 1.165) is 61.0 Å². The Morgan fingerprint density at radius 2 is 1.89 bits per heavy atom. The van der Waals surface area contributed by atoms with Crippen molar-refractivity contribution in [2.45, 2.75) is 25.3 Å². The minimum Gasteiger partial charge on any atom is -0.368 e. The number of aryl methyl sites for hydroxylation is 1. The highest BCUT2D eigenvalue weighted by Crippen LogP contribution is 2.35. The van der Waals surface area contributed by atoms with Crippen LogP contribution in [0.15, 0.2) is 42.7 Å². The summed E-state index contributed by atoms with van der Waals surface area (Å²) in [6.07, 6.45) is 7.13. The summed E-state index contributed by atoms with van der Waals surface area (Å²) in [7, 11) is 1.90. The van der Waals surface area contributed by atoms with Crippen LogP contribution in [0.1, 0.15) is 18.4 Å². The third kappa shape index (κ3) is 3.22. The number of fused-ring (bicyclic) bond motifs is 1. The molecule has 0 bridgehead atoms. The van der Waals surface area contributed by atoms with E-state index >= 15 is 0 Å². The third-order valence-corrected chi connectivity index (χ3v) is 6.09. The Labute approximate surface area is 169 Å². The molecule has 0 radical (unpaired) electrons. The quantitative estimate of drug-likeness (QED) is 0.679. The Balaban J connectivity index is 1.25. The molecule has 4 heterocycles. The number of benzene rings is 1. The van der Waals surface area contributed by atoms with Gasteiger partial charge in [-0.3, -0.25) is 4.68 Å². The number of halogens is 1. The molecule has 7 heteroatoms. The van der Waals surface area contributed by atoms with Crippen LogP contribution in [0, 0.1) is 0 Å². The summed E-state index contributed by atoms with van der Waals surface area (Å²) in [5.74, 6) is 0.955. The Morgan fingerprint density at radius 1 is 1.04 bits per heavy atom. The molecule has 0 aliphatic carbocycles. The van der Waals surface area contributed by atoms with Gasteiger partial charge in [-0.2, -0.15) is 5.10 Å². The highest BCUT2D eigenvalue weighted by molar-refractivity contribution is 6.30. The molecular formula is C21H23ClN6. The van der Waals surface area contributed by atoms with E-state index in [1.165, 1.54) is 11.3 Å². The predicted octanol–water partition coefficient (Wildman–Crippen LogP) is 3.56. The van der Waals surface area contributed by atoms with Crippen molar-refractivity contribution in [3.8, 4) is 11.3 Å². The van der Waals surface area contributed by atoms with E-state index in [0.29, 0.717) is 6.04 Å². The predicted molar refractivity (Wildman–Crippen MR) is 112 cm³/mol. The standard InChI is InChI=1S/C21H23ClN6/c1-26-14-16(13-23-26)19-4-5-21(25-24-19)27-9-7-18(8-10-27)28-11-6-15-2-3-17(22)12-20(15)28/h2-5,12-14,18H,6-11H2,1H3. The van der Waals surface area contributed by atoms with Gasteiger partial charge in [0.2, 0.25) is 0 Å². The molecule has 0 atom stereocenters. The molecule has 5 rings (SSSR count). The number of aromatic nitrogens is 4. The van der Waals surface area contributed by atoms with Crippen LogP contribution in [0.25, 0.3) is 11.3 Å². The van der Waals surface area contributed by atoms with Gasteiger partial charge in [-0.1, -0.05) is 17.7 Å². The van der Waals surface area contributed by atoms with Crippen LogP contribution >= 0.6 is 11.6 Å². The zero-order chi connectivity index (χ0) is 19.1. The maximum atomic E-state index is 6.23. The SMILES string of the molecule is Cn1cc(-c2ccc(N3CCC(N4CCc5ccc(Cl)cc54)CC3)nn2)cn1. The normalized spacial score (nSPS) is 17.2. The summed E-state index contributed by atoms with van der Waals surface area (Å²) in [6, 6.07) is 11.0. The van der Waals surface area contributed by atoms with E-state index < -0.39 is 0 Å². The van der Waals surface area contributed by atoms with E-state index in [1.54, 1.807) is 4.68 Å². The maximum absolute atomic E-state index is 6.23. The van der Waals surface area contributed by atoms with Crippen LogP contribution < -0.4 is 9.80 Å². The van der Waals surface area contributed by atoms with E-state index in [2.05, 4.69) is 43.3 Å². The topological polar surface area (TPSA) is 50.1 Å². The molecule has 1 aromatic carbocycles. The Bertz CT molecular complexity index is 975. The largest absolute Gasteiger partial charge is 0.368 e. The Morgan fingerprint density at radius 3 is 2.61 bits per heavy atom. The second kappa shape index (κ2) is 7.09. The zero-order valence-electron chi connectivity index (χ0n) is 15.9. The highest BCUT2D eigenvalue weighted by Gasteiger charge is 2.29. The van der Waals surface area contributed by atoms with Gasteiger partial charge in [-0.15, -0.1) is 10.2 Å².